The molecule has 1 unspecified atom stereocenters. The molecule has 0 saturated carbocycles. The van der Waals surface area contributed by atoms with Crippen LogP contribution in [-0.2, 0) is 4.79 Å². The lowest BCUT2D eigenvalue weighted by Crippen LogP contribution is -2.12. The molecular formula is C8H12N2O3. The Balaban J connectivity index is 2.53. The third-order valence-electron chi connectivity index (χ3n) is 1.86. The van der Waals surface area contributed by atoms with Crippen molar-refractivity contribution in [3.05, 3.63) is 17.5 Å². The van der Waals surface area contributed by atoms with Crippen molar-refractivity contribution in [3.63, 3.8) is 0 Å². The second-order valence-corrected chi connectivity index (χ2v) is 2.88. The number of nitrogens with zero attached hydrogens (tertiary/aromatic N) is 1. The number of hydrogen-bond acceptors (Lipinski definition) is 4. The minimum Gasteiger partial charge on any atom is -0.481 e. The number of rotatable bonds is 4. The summed E-state index contributed by atoms with van der Waals surface area (Å²) in [5, 5.41) is 12.0. The van der Waals surface area contributed by atoms with E-state index in [0.717, 1.165) is 5.56 Å². The van der Waals surface area contributed by atoms with Crippen LogP contribution in [0.2, 0.25) is 0 Å². The van der Waals surface area contributed by atoms with Crippen molar-refractivity contribution in [1.82, 2.24) is 5.16 Å². The highest BCUT2D eigenvalue weighted by atomic mass is 16.5. The van der Waals surface area contributed by atoms with Crippen LogP contribution in [0, 0.1) is 6.92 Å². The van der Waals surface area contributed by atoms with E-state index in [4.69, 9.17) is 15.4 Å². The molecule has 13 heavy (non-hydrogen) atoms. The molecule has 1 aromatic heterocycles. The third kappa shape index (κ3) is 2.55. The average Bonchev–Trinajstić information content (AvgIpc) is 2.47. The molecule has 0 amide bonds. The van der Waals surface area contributed by atoms with Crippen molar-refractivity contribution in [2.75, 3.05) is 0 Å². The Hall–Kier alpha value is -1.36. The summed E-state index contributed by atoms with van der Waals surface area (Å²) < 4.78 is 4.82. The quantitative estimate of drug-likeness (QED) is 0.723. The van der Waals surface area contributed by atoms with Gasteiger partial charge in [0.2, 0.25) is 0 Å². The maximum absolute atomic E-state index is 10.3. The van der Waals surface area contributed by atoms with E-state index in [1.807, 2.05) is 0 Å². The zero-order valence-electron chi connectivity index (χ0n) is 7.36. The van der Waals surface area contributed by atoms with Gasteiger partial charge < -0.3 is 15.4 Å². The molecule has 1 atom stereocenters. The van der Waals surface area contributed by atoms with E-state index in [1.165, 1.54) is 6.20 Å². The summed E-state index contributed by atoms with van der Waals surface area (Å²) in [5.74, 6) is -0.192. The minimum absolute atomic E-state index is 0.0613. The van der Waals surface area contributed by atoms with Crippen molar-refractivity contribution in [2.45, 2.75) is 25.8 Å². The van der Waals surface area contributed by atoms with E-state index in [0.29, 0.717) is 12.2 Å². The summed E-state index contributed by atoms with van der Waals surface area (Å²) in [6, 6.07) is -0.303. The van der Waals surface area contributed by atoms with Crippen LogP contribution >= 0.6 is 0 Å². The van der Waals surface area contributed by atoms with E-state index in [9.17, 15) is 4.79 Å². The van der Waals surface area contributed by atoms with E-state index in [2.05, 4.69) is 5.16 Å². The lowest BCUT2D eigenvalue weighted by molar-refractivity contribution is -0.137. The SMILES string of the molecule is Cc1oncc1C(N)CCC(=O)O. The van der Waals surface area contributed by atoms with Crippen LogP contribution in [0.5, 0.6) is 0 Å². The van der Waals surface area contributed by atoms with E-state index >= 15 is 0 Å². The van der Waals surface area contributed by atoms with Crippen molar-refractivity contribution in [2.24, 2.45) is 5.73 Å². The highest BCUT2D eigenvalue weighted by Crippen LogP contribution is 2.18. The predicted octanol–water partition coefficient (Wildman–Crippen LogP) is 0.848. The zero-order valence-corrected chi connectivity index (χ0v) is 7.36. The standard InChI is InChI=1S/C8H12N2O3/c1-5-6(4-10-13-5)7(9)2-3-8(11)12/h4,7H,2-3,9H2,1H3,(H,11,12). The van der Waals surface area contributed by atoms with E-state index in [1.54, 1.807) is 6.92 Å². The van der Waals surface area contributed by atoms with Gasteiger partial charge in [-0.3, -0.25) is 4.79 Å². The number of carboxylic acid groups (broad SMARTS) is 1. The molecule has 1 heterocycles. The van der Waals surface area contributed by atoms with Gasteiger partial charge in [0.1, 0.15) is 5.76 Å². The highest BCUT2D eigenvalue weighted by Gasteiger charge is 2.13. The number of carbonyl (C=O) groups is 1. The van der Waals surface area contributed by atoms with Gasteiger partial charge in [0.05, 0.1) is 6.20 Å². The second kappa shape index (κ2) is 4.04. The van der Waals surface area contributed by atoms with Crippen molar-refractivity contribution < 1.29 is 14.4 Å². The molecule has 1 rings (SSSR count). The molecule has 1 aromatic rings. The van der Waals surface area contributed by atoms with Crippen LogP contribution in [0.1, 0.15) is 30.2 Å². The lowest BCUT2D eigenvalue weighted by Gasteiger charge is -2.06. The van der Waals surface area contributed by atoms with E-state index in [-0.39, 0.29) is 12.5 Å². The van der Waals surface area contributed by atoms with Crippen molar-refractivity contribution >= 4 is 5.97 Å². The Bertz CT molecular complexity index is 295. The van der Waals surface area contributed by atoms with Crippen LogP contribution < -0.4 is 5.73 Å². The summed E-state index contributed by atoms with van der Waals surface area (Å²) in [4.78, 5) is 10.3. The first-order valence-electron chi connectivity index (χ1n) is 4.00. The molecule has 72 valence electrons. The van der Waals surface area contributed by atoms with Crippen molar-refractivity contribution in [3.8, 4) is 0 Å². The summed E-state index contributed by atoms with van der Waals surface area (Å²) >= 11 is 0. The first kappa shape index (κ1) is 9.73. The number of carboxylic acids is 1. The third-order valence-corrected chi connectivity index (χ3v) is 1.86. The predicted molar refractivity (Wildman–Crippen MR) is 45.0 cm³/mol. The second-order valence-electron chi connectivity index (χ2n) is 2.88. The smallest absolute Gasteiger partial charge is 0.303 e. The Morgan fingerprint density at radius 1 is 1.85 bits per heavy atom. The molecule has 0 aliphatic carbocycles. The molecule has 0 radical (unpaired) electrons. The number of aromatic nitrogens is 1. The Kier molecular flexibility index (Phi) is 3.02. The van der Waals surface area contributed by atoms with Gasteiger partial charge in [0, 0.05) is 18.0 Å². The van der Waals surface area contributed by atoms with Crippen molar-refractivity contribution in [1.29, 1.82) is 0 Å². The van der Waals surface area contributed by atoms with Gasteiger partial charge in [-0.05, 0) is 13.3 Å². The maximum Gasteiger partial charge on any atom is 0.303 e. The first-order valence-corrected chi connectivity index (χ1v) is 4.00. The Morgan fingerprint density at radius 2 is 2.54 bits per heavy atom. The molecule has 0 spiro atoms. The number of aryl methyl sites for hydroxylation is 1. The van der Waals surface area contributed by atoms with Crippen LogP contribution in [0.25, 0.3) is 0 Å². The minimum atomic E-state index is -0.843. The van der Waals surface area contributed by atoms with Gasteiger partial charge in [-0.1, -0.05) is 5.16 Å². The topological polar surface area (TPSA) is 89.4 Å². The fourth-order valence-electron chi connectivity index (χ4n) is 1.10. The molecule has 0 aliphatic rings. The Labute approximate surface area is 75.5 Å². The molecule has 0 bridgehead atoms. The molecule has 0 aliphatic heterocycles. The fraction of sp³-hybridized carbons (Fsp3) is 0.500. The molecule has 3 N–H and O–H groups in total. The van der Waals surface area contributed by atoms with Crippen LogP contribution in [0.15, 0.2) is 10.7 Å². The van der Waals surface area contributed by atoms with Crippen LogP contribution in [-0.4, -0.2) is 16.2 Å². The molecule has 0 saturated heterocycles. The molecule has 5 heteroatoms. The number of hydrogen-bond donors (Lipinski definition) is 2. The summed E-state index contributed by atoms with van der Waals surface area (Å²) in [6.07, 6.45) is 1.99. The summed E-state index contributed by atoms with van der Waals surface area (Å²) in [7, 11) is 0. The highest BCUT2D eigenvalue weighted by molar-refractivity contribution is 5.66. The van der Waals surface area contributed by atoms with Gasteiger partial charge >= 0.3 is 5.97 Å². The fourth-order valence-corrected chi connectivity index (χ4v) is 1.10. The van der Waals surface area contributed by atoms with Gasteiger partial charge in [0.25, 0.3) is 0 Å². The van der Waals surface area contributed by atoms with E-state index < -0.39 is 5.97 Å². The molecule has 0 fully saturated rings. The van der Waals surface area contributed by atoms with Gasteiger partial charge in [0.15, 0.2) is 0 Å². The lowest BCUT2D eigenvalue weighted by atomic mass is 10.0. The summed E-state index contributed by atoms with van der Waals surface area (Å²) in [6.45, 7) is 1.75. The Morgan fingerprint density at radius 3 is 3.00 bits per heavy atom. The summed E-state index contributed by atoms with van der Waals surface area (Å²) in [5.41, 5.74) is 6.50. The number of aliphatic carboxylic acids is 1. The van der Waals surface area contributed by atoms with Gasteiger partial charge in [-0.25, -0.2) is 0 Å². The van der Waals surface area contributed by atoms with Crippen LogP contribution in [0.3, 0.4) is 0 Å². The average molecular weight is 184 g/mol. The first-order chi connectivity index (χ1) is 6.11. The molecule has 5 nitrogen and oxygen atoms in total. The zero-order chi connectivity index (χ0) is 9.84. The number of nitrogens with two attached hydrogens (primary N) is 1. The molecular weight excluding hydrogens is 172 g/mol. The molecule has 0 aromatic carbocycles. The maximum atomic E-state index is 10.3. The normalized spacial score (nSPS) is 12.8. The largest absolute Gasteiger partial charge is 0.481 e. The van der Waals surface area contributed by atoms with Gasteiger partial charge in [-0.15, -0.1) is 0 Å². The van der Waals surface area contributed by atoms with Crippen LogP contribution in [0.4, 0.5) is 0 Å². The van der Waals surface area contributed by atoms with Gasteiger partial charge in [-0.2, -0.15) is 0 Å². The monoisotopic (exact) mass is 184 g/mol.